The number of fused-ring (bicyclic) bond motifs is 1. The van der Waals surface area contributed by atoms with Crippen LogP contribution < -0.4 is 10.6 Å². The molecule has 0 bridgehead atoms. The van der Waals surface area contributed by atoms with Crippen molar-refractivity contribution < 1.29 is 15.0 Å². The summed E-state index contributed by atoms with van der Waals surface area (Å²) in [5.41, 5.74) is 2.47. The minimum atomic E-state index is -0.107. The second kappa shape index (κ2) is 7.62. The van der Waals surface area contributed by atoms with Gasteiger partial charge < -0.3 is 20.8 Å². The van der Waals surface area contributed by atoms with E-state index in [1.807, 2.05) is 24.3 Å². The number of rotatable bonds is 4. The highest BCUT2D eigenvalue weighted by molar-refractivity contribution is 5.75. The lowest BCUT2D eigenvalue weighted by Crippen LogP contribution is -2.45. The normalized spacial score (nSPS) is 28.1. The van der Waals surface area contributed by atoms with Crippen LogP contribution in [0.5, 0.6) is 11.5 Å². The number of hydrogen-bond acceptors (Lipinski definition) is 3. The molecule has 1 heterocycles. The lowest BCUT2D eigenvalue weighted by Gasteiger charge is -2.29. The summed E-state index contributed by atoms with van der Waals surface area (Å²) < 4.78 is 0. The Kier molecular flexibility index (Phi) is 5.15. The standard InChI is InChI=1S/C24H30N2O3/c1-24(2)13-19-20(14-24)22(12-16-5-9-18(28)10-6-16)26-23(29)25-21(19)11-15-3-7-17(27)8-4-15/h3-10,19-22,27-28H,11-14H2,1-2H3,(H2,25,26,29)/t19-,20-,21-,22-/m1/s1. The van der Waals surface area contributed by atoms with Crippen molar-refractivity contribution in [3.05, 3.63) is 59.7 Å². The topological polar surface area (TPSA) is 81.6 Å². The Morgan fingerprint density at radius 3 is 1.55 bits per heavy atom. The molecule has 2 aromatic rings. The second-order valence-corrected chi connectivity index (χ2v) is 9.47. The first kappa shape index (κ1) is 19.6. The first-order chi connectivity index (χ1) is 13.8. The van der Waals surface area contributed by atoms with Crippen LogP contribution in [0, 0.1) is 17.3 Å². The number of aromatic hydroxyl groups is 2. The molecule has 5 nitrogen and oxygen atoms in total. The second-order valence-electron chi connectivity index (χ2n) is 9.47. The summed E-state index contributed by atoms with van der Waals surface area (Å²) >= 11 is 0. The maximum atomic E-state index is 12.7. The quantitative estimate of drug-likeness (QED) is 0.633. The number of hydrogen-bond donors (Lipinski definition) is 4. The van der Waals surface area contributed by atoms with Gasteiger partial charge in [0, 0.05) is 12.1 Å². The van der Waals surface area contributed by atoms with Crippen molar-refractivity contribution in [2.45, 2.75) is 51.6 Å². The number of phenolic OH excluding ortho intramolecular Hbond substituents is 2. The summed E-state index contributed by atoms with van der Waals surface area (Å²) in [6.45, 7) is 4.64. The van der Waals surface area contributed by atoms with Gasteiger partial charge in [0.25, 0.3) is 0 Å². The van der Waals surface area contributed by atoms with Gasteiger partial charge in [0.05, 0.1) is 0 Å². The first-order valence-electron chi connectivity index (χ1n) is 10.4. The highest BCUT2D eigenvalue weighted by Gasteiger charge is 2.48. The molecule has 4 rings (SSSR count). The van der Waals surface area contributed by atoms with Gasteiger partial charge in [-0.25, -0.2) is 4.79 Å². The van der Waals surface area contributed by atoms with Gasteiger partial charge in [-0.1, -0.05) is 38.1 Å². The van der Waals surface area contributed by atoms with Crippen LogP contribution in [-0.2, 0) is 12.8 Å². The molecule has 1 aliphatic heterocycles. The minimum Gasteiger partial charge on any atom is -0.508 e. The molecule has 4 atom stereocenters. The Bertz CT molecular complexity index is 791. The third kappa shape index (κ3) is 4.50. The molecule has 0 radical (unpaired) electrons. The van der Waals surface area contributed by atoms with Crippen LogP contribution in [0.4, 0.5) is 4.79 Å². The predicted octanol–water partition coefficient (Wildman–Crippen LogP) is 3.99. The Morgan fingerprint density at radius 1 is 0.793 bits per heavy atom. The molecule has 0 unspecified atom stereocenters. The van der Waals surface area contributed by atoms with Crippen molar-refractivity contribution in [3.8, 4) is 11.5 Å². The Hall–Kier alpha value is -2.69. The lowest BCUT2D eigenvalue weighted by atomic mass is 9.80. The predicted molar refractivity (Wildman–Crippen MR) is 113 cm³/mol. The van der Waals surface area contributed by atoms with Crippen LogP contribution in [-0.4, -0.2) is 28.3 Å². The van der Waals surface area contributed by atoms with Gasteiger partial charge in [-0.05, 0) is 78.3 Å². The van der Waals surface area contributed by atoms with Crippen LogP contribution >= 0.6 is 0 Å². The fraction of sp³-hybridized carbons (Fsp3) is 0.458. The zero-order valence-corrected chi connectivity index (χ0v) is 17.1. The summed E-state index contributed by atoms with van der Waals surface area (Å²) in [4.78, 5) is 12.7. The van der Waals surface area contributed by atoms with Gasteiger partial charge in [0.15, 0.2) is 0 Å². The molecule has 29 heavy (non-hydrogen) atoms. The van der Waals surface area contributed by atoms with E-state index in [9.17, 15) is 15.0 Å². The molecular formula is C24H30N2O3. The van der Waals surface area contributed by atoms with Crippen molar-refractivity contribution in [3.63, 3.8) is 0 Å². The van der Waals surface area contributed by atoms with Gasteiger partial charge in [-0.2, -0.15) is 0 Å². The van der Waals surface area contributed by atoms with Crippen molar-refractivity contribution in [2.75, 3.05) is 0 Å². The average molecular weight is 395 g/mol. The van der Waals surface area contributed by atoms with E-state index in [2.05, 4.69) is 24.5 Å². The maximum Gasteiger partial charge on any atom is 0.315 e. The van der Waals surface area contributed by atoms with Crippen molar-refractivity contribution in [1.29, 1.82) is 0 Å². The molecule has 2 aromatic carbocycles. The molecule has 1 saturated carbocycles. The monoisotopic (exact) mass is 394 g/mol. The van der Waals surface area contributed by atoms with Crippen molar-refractivity contribution >= 4 is 6.03 Å². The number of phenols is 2. The third-order valence-electron chi connectivity index (χ3n) is 6.58. The lowest BCUT2D eigenvalue weighted by molar-refractivity contribution is 0.232. The highest BCUT2D eigenvalue weighted by Crippen LogP contribution is 2.49. The molecule has 1 saturated heterocycles. The van der Waals surface area contributed by atoms with E-state index in [-0.39, 0.29) is 35.0 Å². The first-order valence-corrected chi connectivity index (χ1v) is 10.4. The largest absolute Gasteiger partial charge is 0.508 e. The molecule has 4 N–H and O–H groups in total. The van der Waals surface area contributed by atoms with E-state index in [1.165, 1.54) is 0 Å². The van der Waals surface area contributed by atoms with E-state index < -0.39 is 0 Å². The smallest absolute Gasteiger partial charge is 0.315 e. The molecule has 2 amide bonds. The van der Waals surface area contributed by atoms with Crippen molar-refractivity contribution in [1.82, 2.24) is 10.6 Å². The summed E-state index contributed by atoms with van der Waals surface area (Å²) in [5, 5.41) is 25.6. The van der Waals surface area contributed by atoms with E-state index in [1.54, 1.807) is 24.3 Å². The Labute approximate surface area is 172 Å². The van der Waals surface area contributed by atoms with Gasteiger partial charge >= 0.3 is 6.03 Å². The molecular weight excluding hydrogens is 364 g/mol. The maximum absolute atomic E-state index is 12.7. The van der Waals surface area contributed by atoms with Crippen LogP contribution in [0.2, 0.25) is 0 Å². The van der Waals surface area contributed by atoms with Gasteiger partial charge in [-0.3, -0.25) is 0 Å². The molecule has 2 aliphatic rings. The SMILES string of the molecule is CC1(C)C[C@@H]2[C@@H](C1)[C@@H](Cc1ccc(O)cc1)NC(=O)N[C@@H]2Cc1ccc(O)cc1. The molecule has 0 spiro atoms. The molecule has 1 aliphatic carbocycles. The zero-order valence-electron chi connectivity index (χ0n) is 17.1. The van der Waals surface area contributed by atoms with E-state index in [0.29, 0.717) is 11.8 Å². The number of urea groups is 1. The van der Waals surface area contributed by atoms with E-state index in [4.69, 9.17) is 0 Å². The van der Waals surface area contributed by atoms with Crippen LogP contribution in [0.1, 0.15) is 37.8 Å². The highest BCUT2D eigenvalue weighted by atomic mass is 16.3. The Balaban J connectivity index is 1.59. The van der Waals surface area contributed by atoms with Gasteiger partial charge in [0.1, 0.15) is 11.5 Å². The van der Waals surface area contributed by atoms with E-state index >= 15 is 0 Å². The summed E-state index contributed by atoms with van der Waals surface area (Å²) in [6.07, 6.45) is 3.68. The van der Waals surface area contributed by atoms with Crippen LogP contribution in [0.25, 0.3) is 0 Å². The fourth-order valence-electron chi connectivity index (χ4n) is 5.31. The van der Waals surface area contributed by atoms with Crippen molar-refractivity contribution in [2.24, 2.45) is 17.3 Å². The minimum absolute atomic E-state index is 0.0659. The average Bonchev–Trinajstić information content (AvgIpc) is 2.94. The zero-order chi connectivity index (χ0) is 20.6. The van der Waals surface area contributed by atoms with Crippen LogP contribution in [0.15, 0.2) is 48.5 Å². The summed E-state index contributed by atoms with van der Waals surface area (Å²) in [6, 6.07) is 14.6. The fourth-order valence-corrected chi connectivity index (χ4v) is 5.31. The van der Waals surface area contributed by atoms with E-state index in [0.717, 1.165) is 36.8 Å². The summed E-state index contributed by atoms with van der Waals surface area (Å²) in [7, 11) is 0. The number of carbonyl (C=O) groups is 1. The molecule has 2 fully saturated rings. The number of amides is 2. The number of carbonyl (C=O) groups excluding carboxylic acids is 1. The molecule has 154 valence electrons. The van der Waals surface area contributed by atoms with Gasteiger partial charge in [0.2, 0.25) is 0 Å². The third-order valence-corrected chi connectivity index (χ3v) is 6.58. The number of benzene rings is 2. The molecule has 5 heteroatoms. The van der Waals surface area contributed by atoms with Gasteiger partial charge in [-0.15, -0.1) is 0 Å². The number of nitrogens with one attached hydrogen (secondary N) is 2. The van der Waals surface area contributed by atoms with Crippen LogP contribution in [0.3, 0.4) is 0 Å². The summed E-state index contributed by atoms with van der Waals surface area (Å²) in [5.74, 6) is 1.29. The molecule has 0 aromatic heterocycles. The Morgan fingerprint density at radius 2 is 1.17 bits per heavy atom.